The summed E-state index contributed by atoms with van der Waals surface area (Å²) in [5.74, 6) is 0.463. The molecule has 138 valence electrons. The molecule has 0 fully saturated rings. The van der Waals surface area contributed by atoms with Crippen LogP contribution in [-0.2, 0) is 18.7 Å². The fraction of sp³-hybridized carbons (Fsp3) is 0.222. The maximum Gasteiger partial charge on any atom is 0.263 e. The van der Waals surface area contributed by atoms with E-state index in [1.54, 1.807) is 28.2 Å². The van der Waals surface area contributed by atoms with Gasteiger partial charge in [0, 0.05) is 34.8 Å². The van der Waals surface area contributed by atoms with Crippen molar-refractivity contribution < 1.29 is 0 Å². The number of aromatic nitrogens is 4. The van der Waals surface area contributed by atoms with Gasteiger partial charge in [0.15, 0.2) is 10.1 Å². The molecule has 0 aliphatic heterocycles. The molecule has 6 nitrogen and oxygen atoms in total. The van der Waals surface area contributed by atoms with Crippen molar-refractivity contribution in [1.29, 1.82) is 0 Å². The van der Waals surface area contributed by atoms with Gasteiger partial charge in [-0.15, -0.1) is 29.3 Å². The first kappa shape index (κ1) is 18.1. The summed E-state index contributed by atoms with van der Waals surface area (Å²) in [7, 11) is 0. The monoisotopic (exact) mass is 416 g/mol. The number of thiazole rings is 1. The number of thioether (sulfide) groups is 1. The number of allylic oxidation sites excluding steroid dienone is 1. The molecule has 4 rings (SSSR count). The van der Waals surface area contributed by atoms with Crippen molar-refractivity contribution in [3.63, 3.8) is 0 Å². The van der Waals surface area contributed by atoms with Gasteiger partial charge in [-0.2, -0.15) is 0 Å². The molecule has 0 saturated carbocycles. The van der Waals surface area contributed by atoms with Crippen LogP contribution < -0.4 is 11.1 Å². The minimum atomic E-state index is -0.102. The van der Waals surface area contributed by atoms with Crippen LogP contribution in [0.25, 0.3) is 15.2 Å². The van der Waals surface area contributed by atoms with Gasteiger partial charge < -0.3 is 0 Å². The predicted molar refractivity (Wildman–Crippen MR) is 112 cm³/mol. The van der Waals surface area contributed by atoms with Crippen LogP contribution in [0, 0.1) is 0 Å². The highest BCUT2D eigenvalue weighted by Crippen LogP contribution is 2.26. The molecular weight excluding hydrogens is 400 g/mol. The topological polar surface area (TPSA) is 69.3 Å². The Morgan fingerprint density at radius 3 is 2.93 bits per heavy atom. The van der Waals surface area contributed by atoms with E-state index < -0.39 is 0 Å². The van der Waals surface area contributed by atoms with E-state index in [4.69, 9.17) is 4.98 Å². The van der Waals surface area contributed by atoms with Gasteiger partial charge in [0.05, 0.1) is 11.1 Å². The Morgan fingerprint density at radius 1 is 1.30 bits per heavy atom. The number of hydrogen-bond acceptors (Lipinski definition) is 7. The van der Waals surface area contributed by atoms with Crippen molar-refractivity contribution in [3.05, 3.63) is 67.6 Å². The third-order valence-electron chi connectivity index (χ3n) is 4.03. The van der Waals surface area contributed by atoms with Gasteiger partial charge in [0.2, 0.25) is 0 Å². The molecule has 9 heteroatoms. The van der Waals surface area contributed by atoms with Crippen molar-refractivity contribution >= 4 is 49.6 Å². The van der Waals surface area contributed by atoms with Crippen LogP contribution in [-0.4, -0.2) is 18.9 Å². The van der Waals surface area contributed by atoms with Crippen LogP contribution in [0.5, 0.6) is 0 Å². The molecule has 4 aromatic rings. The zero-order chi connectivity index (χ0) is 19.0. The van der Waals surface area contributed by atoms with E-state index in [0.29, 0.717) is 33.5 Å². The maximum absolute atomic E-state index is 12.9. The van der Waals surface area contributed by atoms with Crippen LogP contribution in [0.3, 0.4) is 0 Å². The zero-order valence-corrected chi connectivity index (χ0v) is 17.0. The largest absolute Gasteiger partial charge is 0.283 e. The van der Waals surface area contributed by atoms with Crippen molar-refractivity contribution in [2.75, 3.05) is 0 Å². The summed E-state index contributed by atoms with van der Waals surface area (Å²) in [6.45, 7) is 6.20. The number of hydrogen-bond donors (Lipinski definition) is 0. The molecular formula is C18H16N4O2S3. The van der Waals surface area contributed by atoms with Crippen LogP contribution in [0.4, 0.5) is 0 Å². The van der Waals surface area contributed by atoms with E-state index in [1.807, 2.05) is 11.4 Å². The van der Waals surface area contributed by atoms with Crippen molar-refractivity contribution in [1.82, 2.24) is 18.9 Å². The number of aryl methyl sites for hydroxylation is 1. The smallest absolute Gasteiger partial charge is 0.263 e. The molecule has 0 spiro atoms. The van der Waals surface area contributed by atoms with Crippen LogP contribution >= 0.6 is 34.4 Å². The fourth-order valence-electron chi connectivity index (χ4n) is 2.72. The summed E-state index contributed by atoms with van der Waals surface area (Å²) < 4.78 is 3.15. The molecule has 0 unspecified atom stereocenters. The summed E-state index contributed by atoms with van der Waals surface area (Å²) in [4.78, 5) is 36.8. The van der Waals surface area contributed by atoms with E-state index in [9.17, 15) is 9.59 Å². The Bertz CT molecular complexity index is 1270. The molecule has 27 heavy (non-hydrogen) atoms. The molecule has 0 atom stereocenters. The first-order valence-corrected chi connectivity index (χ1v) is 11.0. The van der Waals surface area contributed by atoms with Crippen LogP contribution in [0.15, 0.2) is 51.1 Å². The summed E-state index contributed by atoms with van der Waals surface area (Å²) in [6, 6.07) is 3.46. The highest BCUT2D eigenvalue weighted by molar-refractivity contribution is 7.98. The second-order valence-corrected chi connectivity index (χ2v) is 8.74. The third-order valence-corrected chi connectivity index (χ3v) is 6.97. The lowest BCUT2D eigenvalue weighted by molar-refractivity contribution is 0.672. The quantitative estimate of drug-likeness (QED) is 0.273. The van der Waals surface area contributed by atoms with E-state index in [2.05, 4.69) is 18.5 Å². The molecule has 4 heterocycles. The third kappa shape index (κ3) is 3.38. The van der Waals surface area contributed by atoms with Crippen molar-refractivity contribution in [2.45, 2.75) is 30.8 Å². The van der Waals surface area contributed by atoms with Crippen LogP contribution in [0.2, 0.25) is 0 Å². The number of fused-ring (bicyclic) bond motifs is 2. The first-order valence-electron chi connectivity index (χ1n) is 8.33. The maximum atomic E-state index is 12.9. The van der Waals surface area contributed by atoms with Crippen molar-refractivity contribution in [2.24, 2.45) is 0 Å². The highest BCUT2D eigenvalue weighted by Gasteiger charge is 2.14. The molecule has 0 radical (unpaired) electrons. The molecule has 0 aliphatic carbocycles. The van der Waals surface area contributed by atoms with Crippen molar-refractivity contribution in [3.8, 4) is 0 Å². The normalized spacial score (nSPS) is 11.4. The van der Waals surface area contributed by atoms with Gasteiger partial charge in [0.1, 0.15) is 4.83 Å². The molecule has 4 aromatic heterocycles. The number of rotatable bonds is 6. The predicted octanol–water partition coefficient (Wildman–Crippen LogP) is 3.57. The standard InChI is InChI=1S/C18H16N4O2S3/c1-3-5-22-16(24)13-9-12(4-2)27-15(13)20-18(22)26-10-11-8-14(23)21-6-7-25-17(21)19-11/h3,6-9H,1,4-5,10H2,2H3. The highest BCUT2D eigenvalue weighted by atomic mass is 32.2. The van der Waals surface area contributed by atoms with Gasteiger partial charge >= 0.3 is 0 Å². The van der Waals surface area contributed by atoms with Gasteiger partial charge in [-0.1, -0.05) is 24.8 Å². The zero-order valence-electron chi connectivity index (χ0n) is 14.5. The molecule has 0 N–H and O–H groups in total. The molecule has 0 aliphatic rings. The second kappa shape index (κ2) is 7.41. The van der Waals surface area contributed by atoms with E-state index in [-0.39, 0.29) is 11.1 Å². The summed E-state index contributed by atoms with van der Waals surface area (Å²) in [6.07, 6.45) is 4.28. The Hall–Kier alpha value is -2.23. The summed E-state index contributed by atoms with van der Waals surface area (Å²) in [5.41, 5.74) is 0.516. The minimum absolute atomic E-state index is 0.0555. The van der Waals surface area contributed by atoms with Gasteiger partial charge in [0.25, 0.3) is 11.1 Å². The Balaban J connectivity index is 1.73. The lowest BCUT2D eigenvalue weighted by Crippen LogP contribution is -2.22. The molecule has 0 amide bonds. The SMILES string of the molecule is C=CCn1c(SCc2cc(=O)n3ccsc3n2)nc2sc(CC)cc2c1=O. The molecule has 0 saturated heterocycles. The Morgan fingerprint density at radius 2 is 2.15 bits per heavy atom. The van der Waals surface area contributed by atoms with Gasteiger partial charge in [-0.05, 0) is 12.5 Å². The lowest BCUT2D eigenvalue weighted by atomic mass is 10.3. The fourth-order valence-corrected chi connectivity index (χ4v) is 5.37. The Labute approximate surface area is 166 Å². The minimum Gasteiger partial charge on any atom is -0.283 e. The lowest BCUT2D eigenvalue weighted by Gasteiger charge is -2.09. The number of nitrogens with zero attached hydrogens (tertiary/aromatic N) is 4. The summed E-state index contributed by atoms with van der Waals surface area (Å²) >= 11 is 4.38. The summed E-state index contributed by atoms with van der Waals surface area (Å²) in [5, 5.41) is 3.10. The average molecular weight is 417 g/mol. The molecule has 0 aromatic carbocycles. The second-order valence-electron chi connectivity index (χ2n) is 5.81. The van der Waals surface area contributed by atoms with Crippen LogP contribution in [0.1, 0.15) is 17.5 Å². The van der Waals surface area contributed by atoms with Gasteiger partial charge in [-0.3, -0.25) is 18.6 Å². The van der Waals surface area contributed by atoms with E-state index in [1.165, 1.54) is 33.6 Å². The Kier molecular flexibility index (Phi) is 4.98. The molecule has 0 bridgehead atoms. The van der Waals surface area contributed by atoms with Gasteiger partial charge in [-0.25, -0.2) is 9.97 Å². The van der Waals surface area contributed by atoms with E-state index >= 15 is 0 Å². The van der Waals surface area contributed by atoms with E-state index in [0.717, 1.165) is 16.1 Å². The number of thiophene rings is 1. The first-order chi connectivity index (χ1) is 13.1. The average Bonchev–Trinajstić information content (AvgIpc) is 3.29.